The third kappa shape index (κ3) is 6.77. The van der Waals surface area contributed by atoms with Crippen LogP contribution in [-0.2, 0) is 16.0 Å². The second-order valence-electron chi connectivity index (χ2n) is 7.78. The van der Waals surface area contributed by atoms with Crippen molar-refractivity contribution in [1.29, 1.82) is 0 Å². The van der Waals surface area contributed by atoms with E-state index >= 15 is 0 Å². The van der Waals surface area contributed by atoms with Crippen molar-refractivity contribution >= 4 is 17.5 Å². The first-order valence-corrected chi connectivity index (χ1v) is 9.29. The molecule has 1 fully saturated rings. The zero-order valence-electron chi connectivity index (χ0n) is 15.7. The lowest BCUT2D eigenvalue weighted by atomic mass is 10.1. The van der Waals surface area contributed by atoms with Crippen LogP contribution in [0.3, 0.4) is 0 Å². The number of nitrogens with one attached hydrogen (secondary N) is 2. The van der Waals surface area contributed by atoms with Crippen LogP contribution >= 0.6 is 0 Å². The summed E-state index contributed by atoms with van der Waals surface area (Å²) in [6.45, 7) is 8.37. The van der Waals surface area contributed by atoms with Gasteiger partial charge in [-0.3, -0.25) is 9.59 Å². The predicted octanol–water partition coefficient (Wildman–Crippen LogP) is 2.64. The normalized spacial score (nSPS) is 14.9. The van der Waals surface area contributed by atoms with Gasteiger partial charge in [-0.1, -0.05) is 12.1 Å². The molecular formula is C20H31N3O2. The van der Waals surface area contributed by atoms with Crippen molar-refractivity contribution in [2.24, 2.45) is 0 Å². The Morgan fingerprint density at radius 2 is 1.64 bits per heavy atom. The number of hydrogen-bond acceptors (Lipinski definition) is 3. The summed E-state index contributed by atoms with van der Waals surface area (Å²) in [5.74, 6) is -1.13. The number of hydrogen-bond donors (Lipinski definition) is 2. The quantitative estimate of drug-likeness (QED) is 0.637. The lowest BCUT2D eigenvalue weighted by Gasteiger charge is -2.28. The summed E-state index contributed by atoms with van der Waals surface area (Å²) in [6, 6.07) is 8.71. The number of anilines is 1. The van der Waals surface area contributed by atoms with Crippen LogP contribution in [0.15, 0.2) is 24.3 Å². The van der Waals surface area contributed by atoms with Crippen LogP contribution in [0.25, 0.3) is 0 Å². The van der Waals surface area contributed by atoms with Gasteiger partial charge in [-0.15, -0.1) is 0 Å². The van der Waals surface area contributed by atoms with Crippen LogP contribution in [0.5, 0.6) is 0 Å². The van der Waals surface area contributed by atoms with Crippen LogP contribution in [0.4, 0.5) is 5.69 Å². The minimum absolute atomic E-state index is 0.398. The molecule has 0 aromatic heterocycles. The monoisotopic (exact) mass is 345 g/mol. The fraction of sp³-hybridized carbons (Fsp3) is 0.600. The number of benzene rings is 1. The molecule has 1 aliphatic rings. The number of carbonyl (C=O) groups excluding carboxylic acids is 2. The fourth-order valence-electron chi connectivity index (χ4n) is 3.00. The maximum absolute atomic E-state index is 11.7. The smallest absolute Gasteiger partial charge is 0.309 e. The molecule has 2 amide bonds. The van der Waals surface area contributed by atoms with Gasteiger partial charge in [-0.25, -0.2) is 0 Å². The van der Waals surface area contributed by atoms with Crippen molar-refractivity contribution in [3.05, 3.63) is 29.8 Å². The molecule has 25 heavy (non-hydrogen) atoms. The van der Waals surface area contributed by atoms with Gasteiger partial charge in [0.15, 0.2) is 0 Å². The van der Waals surface area contributed by atoms with E-state index in [4.69, 9.17) is 0 Å². The molecule has 1 saturated heterocycles. The zero-order chi connectivity index (χ0) is 18.3. The summed E-state index contributed by atoms with van der Waals surface area (Å²) >= 11 is 0. The standard InChI is InChI=1S/C20H31N3O2/c1-20(2,3)22-19(25)18(24)21-13-7-8-16-9-11-17(12-10-16)23-14-5-4-6-15-23/h9-12H,4-8,13-15H2,1-3H3,(H,21,24)(H,22,25). The second-order valence-corrected chi connectivity index (χ2v) is 7.78. The molecule has 0 saturated carbocycles. The first kappa shape index (κ1) is 19.3. The van der Waals surface area contributed by atoms with Gasteiger partial charge in [0, 0.05) is 30.9 Å². The molecule has 1 heterocycles. The van der Waals surface area contributed by atoms with Crippen LogP contribution in [0.2, 0.25) is 0 Å². The first-order chi connectivity index (χ1) is 11.8. The SMILES string of the molecule is CC(C)(C)NC(=O)C(=O)NCCCc1ccc(N2CCCCC2)cc1. The molecule has 1 aromatic carbocycles. The van der Waals surface area contributed by atoms with Crippen LogP contribution in [0, 0.1) is 0 Å². The number of nitrogens with zero attached hydrogens (tertiary/aromatic N) is 1. The van der Waals surface area contributed by atoms with E-state index in [-0.39, 0.29) is 0 Å². The van der Waals surface area contributed by atoms with Gasteiger partial charge in [0.2, 0.25) is 0 Å². The van der Waals surface area contributed by atoms with Gasteiger partial charge >= 0.3 is 11.8 Å². The topological polar surface area (TPSA) is 61.4 Å². The van der Waals surface area contributed by atoms with Crippen molar-refractivity contribution in [2.45, 2.75) is 58.4 Å². The number of carbonyl (C=O) groups is 2. The van der Waals surface area contributed by atoms with Gasteiger partial charge in [0.05, 0.1) is 0 Å². The van der Waals surface area contributed by atoms with E-state index in [0.717, 1.165) is 25.9 Å². The minimum atomic E-state index is -0.571. The molecule has 0 bridgehead atoms. The van der Waals surface area contributed by atoms with Crippen molar-refractivity contribution in [1.82, 2.24) is 10.6 Å². The molecule has 5 heteroatoms. The Morgan fingerprint density at radius 3 is 2.24 bits per heavy atom. The van der Waals surface area contributed by atoms with Crippen molar-refractivity contribution in [3.63, 3.8) is 0 Å². The average molecular weight is 345 g/mol. The van der Waals surface area contributed by atoms with Crippen LogP contribution in [0.1, 0.15) is 52.0 Å². The molecule has 2 rings (SSSR count). The molecule has 5 nitrogen and oxygen atoms in total. The highest BCUT2D eigenvalue weighted by Crippen LogP contribution is 2.20. The van der Waals surface area contributed by atoms with Crippen LogP contribution < -0.4 is 15.5 Å². The van der Waals surface area contributed by atoms with E-state index in [1.165, 1.54) is 30.5 Å². The summed E-state index contributed by atoms with van der Waals surface area (Å²) in [7, 11) is 0. The van der Waals surface area contributed by atoms with E-state index in [1.54, 1.807) is 0 Å². The van der Waals surface area contributed by atoms with Crippen molar-refractivity contribution in [2.75, 3.05) is 24.5 Å². The number of aryl methyl sites for hydroxylation is 1. The third-order valence-corrected chi connectivity index (χ3v) is 4.28. The lowest BCUT2D eigenvalue weighted by Crippen LogP contribution is -2.48. The number of piperidine rings is 1. The van der Waals surface area contributed by atoms with Gasteiger partial charge in [-0.2, -0.15) is 0 Å². The lowest BCUT2D eigenvalue weighted by molar-refractivity contribution is -0.140. The van der Waals surface area contributed by atoms with Gasteiger partial charge < -0.3 is 15.5 Å². The highest BCUT2D eigenvalue weighted by atomic mass is 16.2. The molecule has 0 spiro atoms. The van der Waals surface area contributed by atoms with E-state index in [2.05, 4.69) is 39.8 Å². The minimum Gasteiger partial charge on any atom is -0.372 e. The molecule has 0 unspecified atom stereocenters. The highest BCUT2D eigenvalue weighted by Gasteiger charge is 2.19. The van der Waals surface area contributed by atoms with Crippen molar-refractivity contribution in [3.8, 4) is 0 Å². The van der Waals surface area contributed by atoms with Gasteiger partial charge in [0.1, 0.15) is 0 Å². The largest absolute Gasteiger partial charge is 0.372 e. The van der Waals surface area contributed by atoms with Gasteiger partial charge in [0.25, 0.3) is 0 Å². The second kappa shape index (κ2) is 8.88. The Morgan fingerprint density at radius 1 is 1.00 bits per heavy atom. The van der Waals surface area contributed by atoms with E-state index in [9.17, 15) is 9.59 Å². The number of amides is 2. The van der Waals surface area contributed by atoms with E-state index in [0.29, 0.717) is 6.54 Å². The molecule has 0 radical (unpaired) electrons. The number of rotatable bonds is 5. The average Bonchev–Trinajstić information content (AvgIpc) is 2.58. The maximum atomic E-state index is 11.7. The van der Waals surface area contributed by atoms with Crippen molar-refractivity contribution < 1.29 is 9.59 Å². The van der Waals surface area contributed by atoms with E-state index in [1.807, 2.05) is 20.8 Å². The summed E-state index contributed by atoms with van der Waals surface area (Å²) in [4.78, 5) is 25.9. The van der Waals surface area contributed by atoms with Crippen LogP contribution in [-0.4, -0.2) is 37.0 Å². The Balaban J connectivity index is 1.69. The summed E-state index contributed by atoms with van der Waals surface area (Å²) in [5, 5.41) is 5.34. The Kier molecular flexibility index (Phi) is 6.85. The Bertz CT molecular complexity index is 570. The highest BCUT2D eigenvalue weighted by molar-refractivity contribution is 6.35. The molecule has 1 aliphatic heterocycles. The molecule has 0 aliphatic carbocycles. The Hall–Kier alpha value is -2.04. The van der Waals surface area contributed by atoms with Gasteiger partial charge in [-0.05, 0) is 70.6 Å². The molecule has 0 atom stereocenters. The molecular weight excluding hydrogens is 314 g/mol. The summed E-state index contributed by atoms with van der Waals surface area (Å²) < 4.78 is 0. The predicted molar refractivity (Wildman–Crippen MR) is 102 cm³/mol. The Labute approximate surface area is 151 Å². The fourth-order valence-corrected chi connectivity index (χ4v) is 3.00. The third-order valence-electron chi connectivity index (χ3n) is 4.28. The molecule has 1 aromatic rings. The summed E-state index contributed by atoms with van der Waals surface area (Å²) in [5.41, 5.74) is 2.16. The molecule has 2 N–H and O–H groups in total. The maximum Gasteiger partial charge on any atom is 0.309 e. The summed E-state index contributed by atoms with van der Waals surface area (Å²) in [6.07, 6.45) is 5.61. The first-order valence-electron chi connectivity index (χ1n) is 9.29. The molecule has 138 valence electrons. The zero-order valence-corrected chi connectivity index (χ0v) is 15.7. The van der Waals surface area contributed by atoms with E-state index < -0.39 is 17.4 Å².